The zero-order chi connectivity index (χ0) is 18.2. The van der Waals surface area contributed by atoms with Crippen molar-refractivity contribution in [2.45, 2.75) is 51.4 Å². The quantitative estimate of drug-likeness (QED) is 0.768. The molecule has 1 N–H and O–H groups in total. The molecular weight excluding hydrogens is 338 g/mol. The van der Waals surface area contributed by atoms with Crippen molar-refractivity contribution in [3.63, 3.8) is 0 Å². The van der Waals surface area contributed by atoms with Crippen molar-refractivity contribution in [1.82, 2.24) is 24.6 Å². The summed E-state index contributed by atoms with van der Waals surface area (Å²) >= 11 is 0. The average Bonchev–Trinajstić information content (AvgIpc) is 3.43. The molecule has 6 heteroatoms. The SMILES string of the molecule is C[C@@H]1CC(Cn2ccc3cc(-c4cnn(C5CCCCO5)c4)ncc32)CN1. The molecule has 2 saturated heterocycles. The first kappa shape index (κ1) is 17.0. The Labute approximate surface area is 159 Å². The van der Waals surface area contributed by atoms with Crippen LogP contribution in [0.5, 0.6) is 0 Å². The monoisotopic (exact) mass is 365 g/mol. The number of ether oxygens (including phenoxy) is 1. The highest BCUT2D eigenvalue weighted by Gasteiger charge is 2.21. The summed E-state index contributed by atoms with van der Waals surface area (Å²) < 4.78 is 10.1. The molecule has 5 rings (SSSR count). The Hall–Kier alpha value is -2.18. The van der Waals surface area contributed by atoms with Crippen molar-refractivity contribution in [1.29, 1.82) is 0 Å². The van der Waals surface area contributed by atoms with Gasteiger partial charge in [0.2, 0.25) is 0 Å². The van der Waals surface area contributed by atoms with Crippen LogP contribution in [0.25, 0.3) is 22.2 Å². The Morgan fingerprint density at radius 1 is 1.30 bits per heavy atom. The summed E-state index contributed by atoms with van der Waals surface area (Å²) in [6, 6.07) is 5.00. The molecule has 3 atom stereocenters. The van der Waals surface area contributed by atoms with Crippen LogP contribution in [0.2, 0.25) is 0 Å². The van der Waals surface area contributed by atoms with Gasteiger partial charge in [0, 0.05) is 42.5 Å². The van der Waals surface area contributed by atoms with Gasteiger partial charge in [0.1, 0.15) is 6.23 Å². The standard InChI is InChI=1S/C21H27N5O/c1-15-8-16(10-22-15)13-25-6-5-17-9-19(23-12-20(17)25)18-11-24-26(14-18)21-4-2-3-7-27-21/h5-6,9,11-12,14-16,21-22H,2-4,7-8,10,13H2,1H3/t15-,16?,21?/m1/s1. The summed E-state index contributed by atoms with van der Waals surface area (Å²) in [4.78, 5) is 4.73. The van der Waals surface area contributed by atoms with Crippen molar-refractivity contribution in [3.05, 3.63) is 36.9 Å². The van der Waals surface area contributed by atoms with Crippen LogP contribution in [0.3, 0.4) is 0 Å². The molecule has 0 saturated carbocycles. The highest BCUT2D eigenvalue weighted by molar-refractivity contribution is 5.83. The highest BCUT2D eigenvalue weighted by Crippen LogP contribution is 2.27. The van der Waals surface area contributed by atoms with Gasteiger partial charge in [0.15, 0.2) is 0 Å². The minimum atomic E-state index is 0.0692. The van der Waals surface area contributed by atoms with Crippen molar-refractivity contribution in [3.8, 4) is 11.3 Å². The van der Waals surface area contributed by atoms with Crippen LogP contribution in [-0.4, -0.2) is 38.5 Å². The Morgan fingerprint density at radius 3 is 3.07 bits per heavy atom. The van der Waals surface area contributed by atoms with E-state index < -0.39 is 0 Å². The summed E-state index contributed by atoms with van der Waals surface area (Å²) in [7, 11) is 0. The summed E-state index contributed by atoms with van der Waals surface area (Å²) in [5, 5.41) is 9.29. The van der Waals surface area contributed by atoms with Crippen molar-refractivity contribution >= 4 is 10.9 Å². The van der Waals surface area contributed by atoms with Crippen molar-refractivity contribution in [2.24, 2.45) is 5.92 Å². The molecule has 5 heterocycles. The van der Waals surface area contributed by atoms with Crippen LogP contribution in [0, 0.1) is 5.92 Å². The Morgan fingerprint density at radius 2 is 2.26 bits per heavy atom. The van der Waals surface area contributed by atoms with Gasteiger partial charge >= 0.3 is 0 Å². The fraction of sp³-hybridized carbons (Fsp3) is 0.524. The van der Waals surface area contributed by atoms with Gasteiger partial charge in [-0.05, 0) is 57.2 Å². The lowest BCUT2D eigenvalue weighted by atomic mass is 10.1. The minimum absolute atomic E-state index is 0.0692. The lowest BCUT2D eigenvalue weighted by molar-refractivity contribution is -0.0394. The van der Waals surface area contributed by atoms with Gasteiger partial charge in [0.05, 0.1) is 23.6 Å². The predicted octanol–water partition coefficient (Wildman–Crippen LogP) is 3.60. The van der Waals surface area contributed by atoms with Gasteiger partial charge in [0.25, 0.3) is 0 Å². The molecule has 0 bridgehead atoms. The topological polar surface area (TPSA) is 56.9 Å². The second-order valence-electron chi connectivity index (χ2n) is 8.04. The van der Waals surface area contributed by atoms with Crippen molar-refractivity contribution < 1.29 is 4.74 Å². The van der Waals surface area contributed by atoms with Crippen LogP contribution in [0.4, 0.5) is 0 Å². The molecule has 0 spiro atoms. The second-order valence-corrected chi connectivity index (χ2v) is 8.04. The van der Waals surface area contributed by atoms with E-state index in [1.807, 2.05) is 17.1 Å². The van der Waals surface area contributed by atoms with E-state index in [9.17, 15) is 0 Å². The number of nitrogens with zero attached hydrogens (tertiary/aromatic N) is 4. The molecular formula is C21H27N5O. The Bertz CT molecular complexity index is 924. The minimum Gasteiger partial charge on any atom is -0.357 e. The van der Waals surface area contributed by atoms with Gasteiger partial charge in [-0.3, -0.25) is 4.98 Å². The molecule has 0 aliphatic carbocycles. The molecule has 2 aliphatic heterocycles. The molecule has 2 fully saturated rings. The number of fused-ring (bicyclic) bond motifs is 1. The summed E-state index contributed by atoms with van der Waals surface area (Å²) in [6.07, 6.45) is 12.9. The maximum Gasteiger partial charge on any atom is 0.150 e. The van der Waals surface area contributed by atoms with Crippen molar-refractivity contribution in [2.75, 3.05) is 13.2 Å². The number of aromatic nitrogens is 4. The number of hydrogen-bond donors (Lipinski definition) is 1. The zero-order valence-corrected chi connectivity index (χ0v) is 15.8. The van der Waals surface area contributed by atoms with Gasteiger partial charge in [-0.15, -0.1) is 0 Å². The first-order chi connectivity index (χ1) is 13.3. The third kappa shape index (κ3) is 3.39. The normalized spacial score (nSPS) is 26.0. The second kappa shape index (κ2) is 7.09. The van der Waals surface area contributed by atoms with Crippen LogP contribution >= 0.6 is 0 Å². The summed E-state index contributed by atoms with van der Waals surface area (Å²) in [5.74, 6) is 0.698. The van der Waals surface area contributed by atoms with Gasteiger partial charge in [-0.1, -0.05) is 0 Å². The van der Waals surface area contributed by atoms with E-state index in [4.69, 9.17) is 9.72 Å². The maximum atomic E-state index is 5.83. The molecule has 142 valence electrons. The van der Waals surface area contributed by atoms with E-state index in [0.29, 0.717) is 12.0 Å². The smallest absolute Gasteiger partial charge is 0.150 e. The van der Waals surface area contributed by atoms with E-state index in [-0.39, 0.29) is 6.23 Å². The Balaban J connectivity index is 1.36. The molecule has 3 aromatic heterocycles. The van der Waals surface area contributed by atoms with Crippen LogP contribution in [-0.2, 0) is 11.3 Å². The number of pyridine rings is 1. The zero-order valence-electron chi connectivity index (χ0n) is 15.8. The van der Waals surface area contributed by atoms with E-state index in [2.05, 4.69) is 46.4 Å². The molecule has 3 aromatic rings. The molecule has 0 aromatic carbocycles. The molecule has 2 unspecified atom stereocenters. The first-order valence-electron chi connectivity index (χ1n) is 10.1. The van der Waals surface area contributed by atoms with E-state index in [0.717, 1.165) is 43.8 Å². The maximum absolute atomic E-state index is 5.83. The summed E-state index contributed by atoms with van der Waals surface area (Å²) in [6.45, 7) is 5.25. The molecule has 0 amide bonds. The van der Waals surface area contributed by atoms with E-state index in [1.54, 1.807) is 0 Å². The molecule has 0 radical (unpaired) electrons. The highest BCUT2D eigenvalue weighted by atomic mass is 16.5. The first-order valence-corrected chi connectivity index (χ1v) is 10.1. The Kier molecular flexibility index (Phi) is 4.45. The lowest BCUT2D eigenvalue weighted by Gasteiger charge is -2.22. The number of nitrogens with one attached hydrogen (secondary N) is 1. The van der Waals surface area contributed by atoms with Gasteiger partial charge in [-0.25, -0.2) is 4.68 Å². The van der Waals surface area contributed by atoms with E-state index in [1.165, 1.54) is 23.7 Å². The molecule has 6 nitrogen and oxygen atoms in total. The number of hydrogen-bond acceptors (Lipinski definition) is 4. The largest absolute Gasteiger partial charge is 0.357 e. The molecule has 27 heavy (non-hydrogen) atoms. The molecule has 2 aliphatic rings. The van der Waals surface area contributed by atoms with Gasteiger partial charge in [-0.2, -0.15) is 5.10 Å². The fourth-order valence-electron chi connectivity index (χ4n) is 4.42. The predicted molar refractivity (Wildman–Crippen MR) is 105 cm³/mol. The number of rotatable bonds is 4. The van der Waals surface area contributed by atoms with E-state index >= 15 is 0 Å². The fourth-order valence-corrected chi connectivity index (χ4v) is 4.42. The third-order valence-corrected chi connectivity index (χ3v) is 5.90. The lowest BCUT2D eigenvalue weighted by Crippen LogP contribution is -2.18. The average molecular weight is 365 g/mol. The van der Waals surface area contributed by atoms with Crippen LogP contribution in [0.15, 0.2) is 36.9 Å². The van der Waals surface area contributed by atoms with Crippen LogP contribution < -0.4 is 5.32 Å². The van der Waals surface area contributed by atoms with Crippen LogP contribution in [0.1, 0.15) is 38.8 Å². The van der Waals surface area contributed by atoms with Gasteiger partial charge < -0.3 is 14.6 Å². The third-order valence-electron chi connectivity index (χ3n) is 5.90. The summed E-state index contributed by atoms with van der Waals surface area (Å²) in [5.41, 5.74) is 3.23.